The second-order valence-corrected chi connectivity index (χ2v) is 4.96. The molecule has 1 aromatic rings. The Morgan fingerprint density at radius 2 is 2.11 bits per heavy atom. The molecule has 0 unspecified atom stereocenters. The summed E-state index contributed by atoms with van der Waals surface area (Å²) in [4.78, 5) is 23.5. The van der Waals surface area contributed by atoms with Crippen molar-refractivity contribution in [2.75, 3.05) is 6.54 Å². The van der Waals surface area contributed by atoms with Crippen molar-refractivity contribution >= 4 is 27.7 Å². The molecule has 0 heterocycles. The Morgan fingerprint density at radius 1 is 1.42 bits per heavy atom. The van der Waals surface area contributed by atoms with Crippen LogP contribution in [0.5, 0.6) is 0 Å². The lowest BCUT2D eigenvalue weighted by Crippen LogP contribution is -2.45. The molecular weight excluding hydrogens is 315 g/mol. The number of amides is 2. The highest BCUT2D eigenvalue weighted by Crippen LogP contribution is 2.17. The van der Waals surface area contributed by atoms with Gasteiger partial charge in [-0.2, -0.15) is 0 Å². The van der Waals surface area contributed by atoms with Gasteiger partial charge in [-0.25, -0.2) is 4.39 Å². The molecule has 4 nitrogen and oxygen atoms in total. The summed E-state index contributed by atoms with van der Waals surface area (Å²) in [7, 11) is 0. The second kappa shape index (κ2) is 7.23. The smallest absolute Gasteiger partial charge is 0.253 e. The molecule has 0 spiro atoms. The first-order chi connectivity index (χ1) is 8.95. The van der Waals surface area contributed by atoms with E-state index in [1.54, 1.807) is 6.92 Å². The molecule has 2 amide bonds. The maximum atomic E-state index is 13.1. The van der Waals surface area contributed by atoms with Gasteiger partial charge in [0.15, 0.2) is 0 Å². The SMILES string of the molecule is CCCNC(=O)[C@@H](C)NC(=O)c1cc(F)ccc1Br. The molecule has 1 aromatic carbocycles. The van der Waals surface area contributed by atoms with Crippen molar-refractivity contribution in [2.24, 2.45) is 0 Å². The highest BCUT2D eigenvalue weighted by atomic mass is 79.9. The van der Waals surface area contributed by atoms with Crippen LogP contribution < -0.4 is 10.6 Å². The van der Waals surface area contributed by atoms with Crippen LogP contribution in [0.4, 0.5) is 4.39 Å². The van der Waals surface area contributed by atoms with Gasteiger partial charge in [-0.15, -0.1) is 0 Å². The molecule has 104 valence electrons. The zero-order valence-electron chi connectivity index (χ0n) is 10.8. The van der Waals surface area contributed by atoms with Gasteiger partial charge in [0.05, 0.1) is 5.56 Å². The second-order valence-electron chi connectivity index (χ2n) is 4.11. The van der Waals surface area contributed by atoms with Crippen LogP contribution in [0.15, 0.2) is 22.7 Å². The summed E-state index contributed by atoms with van der Waals surface area (Å²) in [5, 5.41) is 5.20. The van der Waals surface area contributed by atoms with Gasteiger partial charge in [0.25, 0.3) is 5.91 Å². The number of carbonyl (C=O) groups excluding carboxylic acids is 2. The first-order valence-electron chi connectivity index (χ1n) is 5.99. The van der Waals surface area contributed by atoms with E-state index in [0.29, 0.717) is 11.0 Å². The quantitative estimate of drug-likeness (QED) is 0.869. The third-order valence-corrected chi connectivity index (χ3v) is 3.15. The first kappa shape index (κ1) is 15.6. The molecule has 1 rings (SSSR count). The number of hydrogen-bond donors (Lipinski definition) is 2. The fourth-order valence-electron chi connectivity index (χ4n) is 1.41. The topological polar surface area (TPSA) is 58.2 Å². The lowest BCUT2D eigenvalue weighted by Gasteiger charge is -2.14. The van der Waals surface area contributed by atoms with Crippen molar-refractivity contribution in [3.63, 3.8) is 0 Å². The number of carbonyl (C=O) groups is 2. The van der Waals surface area contributed by atoms with E-state index in [9.17, 15) is 14.0 Å². The maximum absolute atomic E-state index is 13.1. The van der Waals surface area contributed by atoms with Gasteiger partial charge >= 0.3 is 0 Å². The van der Waals surface area contributed by atoms with Crippen LogP contribution in [0.3, 0.4) is 0 Å². The number of hydrogen-bond acceptors (Lipinski definition) is 2. The third-order valence-electron chi connectivity index (χ3n) is 2.46. The number of halogens is 2. The predicted octanol–water partition coefficient (Wildman–Crippen LogP) is 2.23. The van der Waals surface area contributed by atoms with Crippen LogP contribution in [0.25, 0.3) is 0 Å². The molecule has 0 saturated carbocycles. The molecule has 19 heavy (non-hydrogen) atoms. The fraction of sp³-hybridized carbons (Fsp3) is 0.385. The molecular formula is C13H16BrFN2O2. The van der Waals surface area contributed by atoms with Crippen molar-refractivity contribution in [3.8, 4) is 0 Å². The van der Waals surface area contributed by atoms with Gasteiger partial charge in [-0.3, -0.25) is 9.59 Å². The van der Waals surface area contributed by atoms with E-state index >= 15 is 0 Å². The largest absolute Gasteiger partial charge is 0.354 e. The van der Waals surface area contributed by atoms with Gasteiger partial charge in [-0.1, -0.05) is 6.92 Å². The number of nitrogens with one attached hydrogen (secondary N) is 2. The Bertz CT molecular complexity index is 480. The van der Waals surface area contributed by atoms with Crippen molar-refractivity contribution in [3.05, 3.63) is 34.1 Å². The minimum absolute atomic E-state index is 0.162. The Balaban J connectivity index is 2.68. The van der Waals surface area contributed by atoms with Crippen molar-refractivity contribution < 1.29 is 14.0 Å². The van der Waals surface area contributed by atoms with Crippen LogP contribution >= 0.6 is 15.9 Å². The number of benzene rings is 1. The van der Waals surface area contributed by atoms with Crippen LogP contribution in [-0.2, 0) is 4.79 Å². The molecule has 0 fully saturated rings. The zero-order valence-corrected chi connectivity index (χ0v) is 12.4. The van der Waals surface area contributed by atoms with Gasteiger partial charge < -0.3 is 10.6 Å². The van der Waals surface area contributed by atoms with Gasteiger partial charge in [0.2, 0.25) is 5.91 Å². The molecule has 2 N–H and O–H groups in total. The molecule has 0 aliphatic heterocycles. The fourth-order valence-corrected chi connectivity index (χ4v) is 1.84. The standard InChI is InChI=1S/C13H16BrFN2O2/c1-3-6-16-12(18)8(2)17-13(19)10-7-9(15)4-5-11(10)14/h4-5,7-8H,3,6H2,1-2H3,(H,16,18)(H,17,19)/t8-/m1/s1. The van der Waals surface area contributed by atoms with E-state index in [1.165, 1.54) is 12.1 Å². The lowest BCUT2D eigenvalue weighted by molar-refractivity contribution is -0.122. The lowest BCUT2D eigenvalue weighted by atomic mass is 10.2. The van der Waals surface area contributed by atoms with Crippen LogP contribution in [0.1, 0.15) is 30.6 Å². The first-order valence-corrected chi connectivity index (χ1v) is 6.78. The van der Waals surface area contributed by atoms with E-state index in [1.807, 2.05) is 6.92 Å². The minimum atomic E-state index is -0.672. The summed E-state index contributed by atoms with van der Waals surface area (Å²) in [6, 6.07) is 3.15. The summed E-state index contributed by atoms with van der Waals surface area (Å²) < 4.78 is 13.6. The highest BCUT2D eigenvalue weighted by Gasteiger charge is 2.18. The molecule has 0 radical (unpaired) electrons. The van der Waals surface area contributed by atoms with Crippen LogP contribution in [0, 0.1) is 5.82 Å². The van der Waals surface area contributed by atoms with E-state index in [0.717, 1.165) is 12.5 Å². The molecule has 0 bridgehead atoms. The van der Waals surface area contributed by atoms with Gasteiger partial charge in [0, 0.05) is 11.0 Å². The van der Waals surface area contributed by atoms with Crippen molar-refractivity contribution in [1.29, 1.82) is 0 Å². The van der Waals surface area contributed by atoms with E-state index in [4.69, 9.17) is 0 Å². The van der Waals surface area contributed by atoms with E-state index in [-0.39, 0.29) is 11.5 Å². The van der Waals surface area contributed by atoms with Crippen LogP contribution in [-0.4, -0.2) is 24.4 Å². The van der Waals surface area contributed by atoms with Crippen molar-refractivity contribution in [1.82, 2.24) is 10.6 Å². The Labute approximate surface area is 119 Å². The summed E-state index contributed by atoms with van der Waals surface area (Å²) in [6.07, 6.45) is 0.821. The summed E-state index contributed by atoms with van der Waals surface area (Å²) >= 11 is 3.17. The molecule has 1 atom stereocenters. The summed E-state index contributed by atoms with van der Waals surface area (Å²) in [6.45, 7) is 4.08. The van der Waals surface area contributed by atoms with E-state index < -0.39 is 17.8 Å². The van der Waals surface area contributed by atoms with E-state index in [2.05, 4.69) is 26.6 Å². The summed E-state index contributed by atoms with van der Waals surface area (Å²) in [5.41, 5.74) is 0.162. The van der Waals surface area contributed by atoms with Gasteiger partial charge in [0.1, 0.15) is 11.9 Å². The van der Waals surface area contributed by atoms with Gasteiger partial charge in [-0.05, 0) is 47.5 Å². The molecule has 0 aliphatic rings. The minimum Gasteiger partial charge on any atom is -0.354 e. The summed E-state index contributed by atoms with van der Waals surface area (Å²) in [5.74, 6) is -1.26. The van der Waals surface area contributed by atoms with Crippen molar-refractivity contribution in [2.45, 2.75) is 26.3 Å². The average Bonchev–Trinajstić information content (AvgIpc) is 2.38. The predicted molar refractivity (Wildman–Crippen MR) is 74.3 cm³/mol. The number of rotatable bonds is 5. The Hall–Kier alpha value is -1.43. The van der Waals surface area contributed by atoms with Crippen LogP contribution in [0.2, 0.25) is 0 Å². The molecule has 6 heteroatoms. The Kier molecular flexibility index (Phi) is 5.95. The maximum Gasteiger partial charge on any atom is 0.253 e. The Morgan fingerprint density at radius 3 is 2.74 bits per heavy atom. The monoisotopic (exact) mass is 330 g/mol. The molecule has 0 aromatic heterocycles. The average molecular weight is 331 g/mol. The third kappa shape index (κ3) is 4.63. The molecule has 0 aliphatic carbocycles. The normalized spacial score (nSPS) is 11.8. The highest BCUT2D eigenvalue weighted by molar-refractivity contribution is 9.10. The molecule has 0 saturated heterocycles. The zero-order chi connectivity index (χ0) is 14.4.